The molecule has 0 saturated carbocycles. The SMILES string of the molecule is Cc1ccc(-c2nnc(SCC(=O)N/N=C/c3c(Cl)cccc3Cl)n2-c2ccc(Cl)cc2)cc1. The van der Waals surface area contributed by atoms with Crippen molar-refractivity contribution in [2.24, 2.45) is 5.10 Å². The zero-order valence-electron chi connectivity index (χ0n) is 17.9. The van der Waals surface area contributed by atoms with Crippen molar-refractivity contribution in [2.75, 3.05) is 5.75 Å². The molecule has 1 N–H and O–H groups in total. The zero-order valence-corrected chi connectivity index (χ0v) is 21.0. The molecule has 0 bridgehead atoms. The molecule has 1 aromatic heterocycles. The fourth-order valence-corrected chi connectivity index (χ4v) is 4.41. The number of halogens is 3. The molecule has 1 heterocycles. The van der Waals surface area contributed by atoms with Crippen LogP contribution in [0.4, 0.5) is 0 Å². The molecule has 0 atom stereocenters. The normalized spacial score (nSPS) is 11.2. The summed E-state index contributed by atoms with van der Waals surface area (Å²) < 4.78 is 1.89. The molecular weight excluding hydrogens is 513 g/mol. The van der Waals surface area contributed by atoms with E-state index in [1.807, 2.05) is 47.9 Å². The van der Waals surface area contributed by atoms with Crippen LogP contribution in [-0.2, 0) is 4.79 Å². The minimum atomic E-state index is -0.313. The molecule has 0 saturated heterocycles. The molecule has 0 radical (unpaired) electrons. The molecular formula is C24H18Cl3N5OS. The first-order chi connectivity index (χ1) is 16.4. The van der Waals surface area contributed by atoms with Crippen LogP contribution in [0.15, 0.2) is 77.0 Å². The molecule has 34 heavy (non-hydrogen) atoms. The smallest absolute Gasteiger partial charge is 0.250 e. The third kappa shape index (κ3) is 5.80. The monoisotopic (exact) mass is 529 g/mol. The third-order valence-corrected chi connectivity index (χ3v) is 6.58. The minimum absolute atomic E-state index is 0.0766. The van der Waals surface area contributed by atoms with Crippen molar-refractivity contribution in [1.82, 2.24) is 20.2 Å². The summed E-state index contributed by atoms with van der Waals surface area (Å²) in [5.74, 6) is 0.427. The summed E-state index contributed by atoms with van der Waals surface area (Å²) in [5.41, 5.74) is 5.90. The van der Waals surface area contributed by atoms with E-state index in [1.54, 1.807) is 30.3 Å². The Balaban J connectivity index is 1.52. The van der Waals surface area contributed by atoms with E-state index in [0.29, 0.717) is 31.6 Å². The van der Waals surface area contributed by atoms with E-state index in [4.69, 9.17) is 34.8 Å². The van der Waals surface area contributed by atoms with E-state index in [1.165, 1.54) is 18.0 Å². The molecule has 0 spiro atoms. The van der Waals surface area contributed by atoms with Crippen LogP contribution in [0.3, 0.4) is 0 Å². The molecule has 0 fully saturated rings. The molecule has 1 amide bonds. The highest BCUT2D eigenvalue weighted by Crippen LogP contribution is 2.29. The summed E-state index contributed by atoms with van der Waals surface area (Å²) in [7, 11) is 0. The van der Waals surface area contributed by atoms with Crippen LogP contribution in [0, 0.1) is 6.92 Å². The van der Waals surface area contributed by atoms with Gasteiger partial charge in [-0.3, -0.25) is 9.36 Å². The summed E-state index contributed by atoms with van der Waals surface area (Å²) >= 11 is 19.5. The zero-order chi connectivity index (χ0) is 24.1. The lowest BCUT2D eigenvalue weighted by atomic mass is 10.1. The molecule has 0 aliphatic heterocycles. The lowest BCUT2D eigenvalue weighted by molar-refractivity contribution is -0.118. The van der Waals surface area contributed by atoms with Gasteiger partial charge in [-0.2, -0.15) is 5.10 Å². The second-order valence-electron chi connectivity index (χ2n) is 7.20. The lowest BCUT2D eigenvalue weighted by Gasteiger charge is -2.10. The summed E-state index contributed by atoms with van der Waals surface area (Å²) in [4.78, 5) is 12.4. The predicted molar refractivity (Wildman–Crippen MR) is 139 cm³/mol. The van der Waals surface area contributed by atoms with Gasteiger partial charge in [0, 0.05) is 21.8 Å². The van der Waals surface area contributed by atoms with Crippen molar-refractivity contribution in [3.05, 3.63) is 92.9 Å². The van der Waals surface area contributed by atoms with Crippen LogP contribution in [-0.4, -0.2) is 32.6 Å². The Morgan fingerprint density at radius 3 is 2.35 bits per heavy atom. The van der Waals surface area contributed by atoms with Gasteiger partial charge in [-0.1, -0.05) is 82.5 Å². The maximum absolute atomic E-state index is 12.4. The predicted octanol–water partition coefficient (Wildman–Crippen LogP) is 6.45. The number of thioether (sulfide) groups is 1. The Morgan fingerprint density at radius 1 is 1.00 bits per heavy atom. The van der Waals surface area contributed by atoms with E-state index in [2.05, 4.69) is 20.7 Å². The Hall–Kier alpha value is -2.84. The van der Waals surface area contributed by atoms with E-state index in [-0.39, 0.29) is 11.7 Å². The molecule has 0 unspecified atom stereocenters. The molecule has 3 aromatic carbocycles. The number of hydrazone groups is 1. The highest BCUT2D eigenvalue weighted by atomic mass is 35.5. The summed E-state index contributed by atoms with van der Waals surface area (Å²) in [6.07, 6.45) is 1.42. The number of aryl methyl sites for hydroxylation is 1. The van der Waals surface area contributed by atoms with Crippen molar-refractivity contribution >= 4 is 58.7 Å². The Labute approximate surface area is 215 Å². The third-order valence-electron chi connectivity index (χ3n) is 4.74. The van der Waals surface area contributed by atoms with Gasteiger partial charge in [0.15, 0.2) is 11.0 Å². The van der Waals surface area contributed by atoms with Gasteiger partial charge in [-0.05, 0) is 43.3 Å². The minimum Gasteiger partial charge on any atom is -0.272 e. The first-order valence-electron chi connectivity index (χ1n) is 10.1. The fourth-order valence-electron chi connectivity index (χ4n) is 3.04. The van der Waals surface area contributed by atoms with E-state index >= 15 is 0 Å². The largest absolute Gasteiger partial charge is 0.272 e. The van der Waals surface area contributed by atoms with E-state index in [0.717, 1.165) is 16.8 Å². The molecule has 0 aliphatic rings. The lowest BCUT2D eigenvalue weighted by Crippen LogP contribution is -2.20. The van der Waals surface area contributed by atoms with Gasteiger partial charge >= 0.3 is 0 Å². The van der Waals surface area contributed by atoms with Gasteiger partial charge in [-0.25, -0.2) is 5.43 Å². The number of carbonyl (C=O) groups is 1. The topological polar surface area (TPSA) is 72.2 Å². The van der Waals surface area contributed by atoms with Crippen molar-refractivity contribution in [1.29, 1.82) is 0 Å². The number of nitrogens with zero attached hydrogens (tertiary/aromatic N) is 4. The molecule has 4 aromatic rings. The molecule has 4 rings (SSSR count). The second kappa shape index (κ2) is 11.1. The van der Waals surface area contributed by atoms with Crippen LogP contribution in [0.1, 0.15) is 11.1 Å². The van der Waals surface area contributed by atoms with Gasteiger partial charge in [0.1, 0.15) is 0 Å². The van der Waals surface area contributed by atoms with Gasteiger partial charge in [0.05, 0.1) is 22.0 Å². The molecule has 172 valence electrons. The van der Waals surface area contributed by atoms with Crippen LogP contribution in [0.25, 0.3) is 17.1 Å². The first kappa shape index (κ1) is 24.3. The number of carbonyl (C=O) groups excluding carboxylic acids is 1. The van der Waals surface area contributed by atoms with Gasteiger partial charge < -0.3 is 0 Å². The van der Waals surface area contributed by atoms with Crippen LogP contribution in [0.2, 0.25) is 15.1 Å². The van der Waals surface area contributed by atoms with E-state index in [9.17, 15) is 4.79 Å². The van der Waals surface area contributed by atoms with Gasteiger partial charge in [0.2, 0.25) is 0 Å². The molecule has 6 nitrogen and oxygen atoms in total. The molecule has 10 heteroatoms. The van der Waals surface area contributed by atoms with Gasteiger partial charge in [0.25, 0.3) is 5.91 Å². The highest BCUT2D eigenvalue weighted by molar-refractivity contribution is 7.99. The molecule has 0 aliphatic carbocycles. The number of hydrogen-bond acceptors (Lipinski definition) is 5. The summed E-state index contributed by atoms with van der Waals surface area (Å²) in [6.45, 7) is 2.02. The Kier molecular flexibility index (Phi) is 7.90. The van der Waals surface area contributed by atoms with Crippen molar-refractivity contribution in [3.63, 3.8) is 0 Å². The highest BCUT2D eigenvalue weighted by Gasteiger charge is 2.17. The van der Waals surface area contributed by atoms with Crippen molar-refractivity contribution < 1.29 is 4.79 Å². The van der Waals surface area contributed by atoms with Crippen molar-refractivity contribution in [2.45, 2.75) is 12.1 Å². The average Bonchev–Trinajstić information content (AvgIpc) is 3.24. The maximum Gasteiger partial charge on any atom is 0.250 e. The van der Waals surface area contributed by atoms with E-state index < -0.39 is 0 Å². The number of aromatic nitrogens is 3. The number of nitrogens with one attached hydrogen (secondary N) is 1. The van der Waals surface area contributed by atoms with Crippen molar-refractivity contribution in [3.8, 4) is 17.1 Å². The Bertz CT molecular complexity index is 1320. The number of rotatable bonds is 7. The number of amides is 1. The first-order valence-corrected chi connectivity index (χ1v) is 12.2. The standard InChI is InChI=1S/C24H18Cl3N5OS/c1-15-5-7-16(8-6-15)23-30-31-24(32(23)18-11-9-17(25)10-12-18)34-14-22(33)29-28-13-19-20(26)3-2-4-21(19)27/h2-13H,14H2,1H3,(H,29,33)/b28-13+. The number of benzene rings is 3. The summed E-state index contributed by atoms with van der Waals surface area (Å²) in [6, 6.07) is 20.5. The average molecular weight is 531 g/mol. The number of hydrogen-bond donors (Lipinski definition) is 1. The Morgan fingerprint density at radius 2 is 1.68 bits per heavy atom. The summed E-state index contributed by atoms with van der Waals surface area (Å²) in [5, 5.41) is 14.7. The maximum atomic E-state index is 12.4. The van der Waals surface area contributed by atoms with Crippen LogP contribution < -0.4 is 5.43 Å². The fraction of sp³-hybridized carbons (Fsp3) is 0.0833. The second-order valence-corrected chi connectivity index (χ2v) is 9.39. The van der Waals surface area contributed by atoms with Gasteiger partial charge in [-0.15, -0.1) is 10.2 Å². The quantitative estimate of drug-likeness (QED) is 0.169. The van der Waals surface area contributed by atoms with Crippen LogP contribution in [0.5, 0.6) is 0 Å². The van der Waals surface area contributed by atoms with Crippen LogP contribution >= 0.6 is 46.6 Å².